The van der Waals surface area contributed by atoms with Crippen LogP contribution in [0.5, 0.6) is 0 Å². The Morgan fingerprint density at radius 2 is 1.79 bits per heavy atom. The summed E-state index contributed by atoms with van der Waals surface area (Å²) < 4.78 is 39.3. The molecule has 1 heterocycles. The largest absolute Gasteiger partial charge is 0.399 e. The van der Waals surface area contributed by atoms with Crippen molar-refractivity contribution >= 4 is 5.82 Å². The lowest BCUT2D eigenvalue weighted by Gasteiger charge is -2.19. The summed E-state index contributed by atoms with van der Waals surface area (Å²) in [5, 5.41) is 0. The number of nitrogen functional groups attached to an aromatic ring is 1. The molecule has 0 amide bonds. The third-order valence-corrected chi connectivity index (χ3v) is 2.69. The van der Waals surface area contributed by atoms with Gasteiger partial charge in [0.05, 0.1) is 0 Å². The summed E-state index contributed by atoms with van der Waals surface area (Å²) in [7, 11) is 0. The lowest BCUT2D eigenvalue weighted by atomic mass is 9.98. The van der Waals surface area contributed by atoms with E-state index < -0.39 is 12.1 Å². The molecule has 19 heavy (non-hydrogen) atoms. The van der Waals surface area contributed by atoms with Gasteiger partial charge < -0.3 is 5.73 Å². The molecular weight excluding hydrogens is 255 g/mol. The molecule has 0 radical (unpaired) electrons. The van der Waals surface area contributed by atoms with Gasteiger partial charge in [-0.3, -0.25) is 0 Å². The SMILES string of the molecule is Nc1ccnc(C(Cc2ccccc2)C(F)(F)F)n1. The van der Waals surface area contributed by atoms with Crippen LogP contribution < -0.4 is 5.73 Å². The predicted octanol–water partition coefficient (Wildman–Crippen LogP) is 2.95. The van der Waals surface area contributed by atoms with E-state index in [1.165, 1.54) is 12.3 Å². The number of nitrogens with zero attached hydrogens (tertiary/aromatic N) is 2. The van der Waals surface area contributed by atoms with E-state index in [1.807, 2.05) is 0 Å². The summed E-state index contributed by atoms with van der Waals surface area (Å²) in [5.41, 5.74) is 5.99. The van der Waals surface area contributed by atoms with Gasteiger partial charge in [0.15, 0.2) is 0 Å². The Kier molecular flexibility index (Phi) is 3.69. The van der Waals surface area contributed by atoms with Crippen molar-refractivity contribution in [3.8, 4) is 0 Å². The van der Waals surface area contributed by atoms with Crippen LogP contribution in [0.2, 0.25) is 0 Å². The van der Waals surface area contributed by atoms with Crippen molar-refractivity contribution in [2.24, 2.45) is 0 Å². The van der Waals surface area contributed by atoms with Gasteiger partial charge in [-0.1, -0.05) is 30.3 Å². The average molecular weight is 267 g/mol. The topological polar surface area (TPSA) is 51.8 Å². The second-order valence-corrected chi connectivity index (χ2v) is 4.12. The van der Waals surface area contributed by atoms with E-state index in [0.29, 0.717) is 5.56 Å². The Labute approximate surface area is 108 Å². The van der Waals surface area contributed by atoms with Crippen molar-refractivity contribution < 1.29 is 13.2 Å². The molecule has 2 aromatic rings. The average Bonchev–Trinajstić information content (AvgIpc) is 2.36. The molecule has 3 nitrogen and oxygen atoms in total. The minimum Gasteiger partial charge on any atom is -0.384 e. The van der Waals surface area contributed by atoms with Crippen LogP contribution in [0.4, 0.5) is 19.0 Å². The van der Waals surface area contributed by atoms with E-state index in [-0.39, 0.29) is 18.1 Å². The molecule has 0 bridgehead atoms. The third-order valence-electron chi connectivity index (χ3n) is 2.69. The fourth-order valence-corrected chi connectivity index (χ4v) is 1.76. The smallest absolute Gasteiger partial charge is 0.384 e. The monoisotopic (exact) mass is 267 g/mol. The zero-order chi connectivity index (χ0) is 13.9. The van der Waals surface area contributed by atoms with Gasteiger partial charge in [-0.2, -0.15) is 13.2 Å². The predicted molar refractivity (Wildman–Crippen MR) is 65.4 cm³/mol. The van der Waals surface area contributed by atoms with Gasteiger partial charge in [0, 0.05) is 6.20 Å². The number of halogens is 3. The first-order valence-electron chi connectivity index (χ1n) is 5.66. The molecule has 0 aliphatic rings. The fourth-order valence-electron chi connectivity index (χ4n) is 1.76. The van der Waals surface area contributed by atoms with Crippen LogP contribution in [0, 0.1) is 0 Å². The summed E-state index contributed by atoms with van der Waals surface area (Å²) in [6, 6.07) is 9.80. The Hall–Kier alpha value is -2.11. The summed E-state index contributed by atoms with van der Waals surface area (Å²) in [6.07, 6.45) is -3.38. The van der Waals surface area contributed by atoms with Crippen LogP contribution in [0.1, 0.15) is 17.3 Å². The van der Waals surface area contributed by atoms with Crippen molar-refractivity contribution in [1.29, 1.82) is 0 Å². The van der Waals surface area contributed by atoms with Crippen LogP contribution in [-0.2, 0) is 6.42 Å². The molecule has 2 N–H and O–H groups in total. The minimum atomic E-state index is -4.41. The maximum Gasteiger partial charge on any atom is 0.399 e. The highest BCUT2D eigenvalue weighted by molar-refractivity contribution is 5.27. The quantitative estimate of drug-likeness (QED) is 0.930. The molecule has 2 rings (SSSR count). The first-order chi connectivity index (χ1) is 8.97. The standard InChI is InChI=1S/C13H12F3N3/c14-13(15,16)10(8-9-4-2-1-3-5-9)12-18-7-6-11(17)19-12/h1-7,10H,8H2,(H2,17,18,19). The Morgan fingerprint density at radius 3 is 2.37 bits per heavy atom. The third kappa shape index (κ3) is 3.43. The number of aromatic nitrogens is 2. The lowest BCUT2D eigenvalue weighted by molar-refractivity contribution is -0.151. The van der Waals surface area contributed by atoms with E-state index in [1.54, 1.807) is 30.3 Å². The first kappa shape index (κ1) is 13.3. The van der Waals surface area contributed by atoms with Crippen molar-refractivity contribution in [2.75, 3.05) is 5.73 Å². The maximum absolute atomic E-state index is 13.1. The summed E-state index contributed by atoms with van der Waals surface area (Å²) >= 11 is 0. The fraction of sp³-hybridized carbons (Fsp3) is 0.231. The molecule has 1 atom stereocenters. The molecule has 0 saturated heterocycles. The normalized spacial score (nSPS) is 13.2. The van der Waals surface area contributed by atoms with Gasteiger partial charge in [0.1, 0.15) is 17.6 Å². The van der Waals surface area contributed by atoms with Crippen molar-refractivity contribution in [3.63, 3.8) is 0 Å². The van der Waals surface area contributed by atoms with Crippen LogP contribution in [0.3, 0.4) is 0 Å². The molecule has 0 spiro atoms. The molecule has 0 saturated carbocycles. The van der Waals surface area contributed by atoms with Crippen LogP contribution >= 0.6 is 0 Å². The molecule has 6 heteroatoms. The van der Waals surface area contributed by atoms with E-state index in [2.05, 4.69) is 9.97 Å². The molecule has 0 aliphatic heterocycles. The Bertz CT molecular complexity index is 540. The molecule has 1 aromatic carbocycles. The van der Waals surface area contributed by atoms with Gasteiger partial charge in [-0.05, 0) is 18.1 Å². The number of alkyl halides is 3. The summed E-state index contributed by atoms with van der Waals surface area (Å²) in [5.74, 6) is -2.01. The molecule has 1 unspecified atom stereocenters. The van der Waals surface area contributed by atoms with Gasteiger partial charge in [-0.15, -0.1) is 0 Å². The van der Waals surface area contributed by atoms with E-state index in [4.69, 9.17) is 5.73 Å². The van der Waals surface area contributed by atoms with Crippen LogP contribution in [-0.4, -0.2) is 16.1 Å². The molecule has 0 aliphatic carbocycles. The zero-order valence-electron chi connectivity index (χ0n) is 9.93. The van der Waals surface area contributed by atoms with Crippen LogP contribution in [0.25, 0.3) is 0 Å². The highest BCUT2D eigenvalue weighted by Gasteiger charge is 2.42. The highest BCUT2D eigenvalue weighted by atomic mass is 19.4. The van der Waals surface area contributed by atoms with E-state index in [9.17, 15) is 13.2 Å². The van der Waals surface area contributed by atoms with Crippen LogP contribution in [0.15, 0.2) is 42.6 Å². The molecule has 1 aromatic heterocycles. The second kappa shape index (κ2) is 5.26. The van der Waals surface area contributed by atoms with Crippen molar-refractivity contribution in [2.45, 2.75) is 18.5 Å². The second-order valence-electron chi connectivity index (χ2n) is 4.12. The summed E-state index contributed by atoms with van der Waals surface area (Å²) in [6.45, 7) is 0. The molecular formula is C13H12F3N3. The minimum absolute atomic E-state index is 0.0345. The molecule has 100 valence electrons. The lowest BCUT2D eigenvalue weighted by Crippen LogP contribution is -2.25. The van der Waals surface area contributed by atoms with Gasteiger partial charge >= 0.3 is 6.18 Å². The number of hydrogen-bond acceptors (Lipinski definition) is 3. The van der Waals surface area contributed by atoms with Crippen molar-refractivity contribution in [3.05, 3.63) is 54.0 Å². The molecule has 0 fully saturated rings. The zero-order valence-corrected chi connectivity index (χ0v) is 9.93. The van der Waals surface area contributed by atoms with Gasteiger partial charge in [0.2, 0.25) is 0 Å². The number of hydrogen-bond donors (Lipinski definition) is 1. The van der Waals surface area contributed by atoms with E-state index >= 15 is 0 Å². The summed E-state index contributed by atoms with van der Waals surface area (Å²) in [4.78, 5) is 7.37. The number of rotatable bonds is 3. The number of benzene rings is 1. The number of nitrogens with two attached hydrogens (primary N) is 1. The Balaban J connectivity index is 2.32. The number of anilines is 1. The maximum atomic E-state index is 13.1. The van der Waals surface area contributed by atoms with Gasteiger partial charge in [-0.25, -0.2) is 9.97 Å². The van der Waals surface area contributed by atoms with Crippen molar-refractivity contribution in [1.82, 2.24) is 9.97 Å². The Morgan fingerprint density at radius 1 is 1.11 bits per heavy atom. The highest BCUT2D eigenvalue weighted by Crippen LogP contribution is 2.35. The first-order valence-corrected chi connectivity index (χ1v) is 5.66. The van der Waals surface area contributed by atoms with E-state index in [0.717, 1.165) is 0 Å². The van der Waals surface area contributed by atoms with Gasteiger partial charge in [0.25, 0.3) is 0 Å².